The van der Waals surface area contributed by atoms with Gasteiger partial charge in [-0.25, -0.2) is 12.7 Å². The Kier molecular flexibility index (Phi) is 6.90. The summed E-state index contributed by atoms with van der Waals surface area (Å²) in [5, 5.41) is 7.03. The first-order valence-electron chi connectivity index (χ1n) is 11.8. The first-order valence-corrected chi connectivity index (χ1v) is 13.6. The number of rotatable bonds is 8. The van der Waals surface area contributed by atoms with Gasteiger partial charge >= 0.3 is 0 Å². The molecule has 3 fully saturated rings. The summed E-state index contributed by atoms with van der Waals surface area (Å²) in [6, 6.07) is 1.85. The van der Waals surface area contributed by atoms with Crippen LogP contribution in [0.2, 0.25) is 0 Å². The topological polar surface area (TPSA) is 114 Å². The normalized spacial score (nSPS) is 24.7. The number of amides is 1. The minimum Gasteiger partial charge on any atom is -0.353 e. The molecular weight excluding hydrogens is 448 g/mol. The number of aromatic nitrogens is 1. The Balaban J connectivity index is 1.34. The first-order chi connectivity index (χ1) is 15.5. The molecule has 0 radical (unpaired) electrons. The van der Waals surface area contributed by atoms with Gasteiger partial charge < -0.3 is 14.0 Å². The summed E-state index contributed by atoms with van der Waals surface area (Å²) in [5.41, 5.74) is -0.616. The number of ether oxygens (including phenoxy) is 2. The maximum atomic E-state index is 13.1. The molecular formula is C22H36N4O6S. The van der Waals surface area contributed by atoms with Crippen LogP contribution in [0.3, 0.4) is 0 Å². The van der Waals surface area contributed by atoms with Crippen LogP contribution in [0.15, 0.2) is 10.6 Å². The quantitative estimate of drug-likeness (QED) is 0.598. The molecule has 1 N–H and O–H groups in total. The number of hydrogen-bond acceptors (Lipinski definition) is 8. The van der Waals surface area contributed by atoms with E-state index in [1.54, 1.807) is 6.07 Å². The van der Waals surface area contributed by atoms with Crippen LogP contribution in [0, 0.1) is 0 Å². The van der Waals surface area contributed by atoms with Crippen LogP contribution >= 0.6 is 0 Å². The Morgan fingerprint density at radius 1 is 1.27 bits per heavy atom. The van der Waals surface area contributed by atoms with E-state index in [9.17, 15) is 13.2 Å². The average Bonchev–Trinajstić information content (AvgIpc) is 3.40. The summed E-state index contributed by atoms with van der Waals surface area (Å²) in [5.74, 6) is 0.0856. The average molecular weight is 485 g/mol. The number of piperidine rings is 1. The van der Waals surface area contributed by atoms with Gasteiger partial charge in [-0.2, -0.15) is 0 Å². The Hall–Kier alpha value is -1.53. The van der Waals surface area contributed by atoms with Crippen molar-refractivity contribution in [3.05, 3.63) is 11.8 Å². The second-order valence-electron chi connectivity index (χ2n) is 10.0. The third-order valence-corrected chi connectivity index (χ3v) is 8.59. The number of sulfonamides is 1. The lowest BCUT2D eigenvalue weighted by Gasteiger charge is -2.43. The number of carbonyl (C=O) groups is 1. The lowest BCUT2D eigenvalue weighted by Crippen LogP contribution is -2.57. The number of nitrogens with one attached hydrogen (secondary N) is 1. The van der Waals surface area contributed by atoms with E-state index < -0.39 is 21.2 Å². The summed E-state index contributed by atoms with van der Waals surface area (Å²) in [6.45, 7) is 5.35. The van der Waals surface area contributed by atoms with Crippen molar-refractivity contribution in [2.45, 2.75) is 82.3 Å². The predicted molar refractivity (Wildman–Crippen MR) is 122 cm³/mol. The molecule has 3 heterocycles. The second-order valence-corrected chi connectivity index (χ2v) is 12.0. The highest BCUT2D eigenvalue weighted by Crippen LogP contribution is 2.50. The van der Waals surface area contributed by atoms with Gasteiger partial charge in [0.25, 0.3) is 0 Å². The Labute approximate surface area is 196 Å². The van der Waals surface area contributed by atoms with Gasteiger partial charge in [0.05, 0.1) is 11.8 Å². The van der Waals surface area contributed by atoms with Gasteiger partial charge in [0.1, 0.15) is 11.3 Å². The highest BCUT2D eigenvalue weighted by atomic mass is 32.2. The first kappa shape index (κ1) is 24.6. The van der Waals surface area contributed by atoms with E-state index in [1.807, 2.05) is 25.8 Å². The van der Waals surface area contributed by atoms with E-state index in [0.717, 1.165) is 38.7 Å². The summed E-state index contributed by atoms with van der Waals surface area (Å²) in [6.07, 6.45) is 7.13. The molecule has 11 heteroatoms. The molecule has 10 nitrogen and oxygen atoms in total. The fourth-order valence-corrected chi connectivity index (χ4v) is 5.47. The van der Waals surface area contributed by atoms with Crippen LogP contribution in [0.5, 0.6) is 0 Å². The summed E-state index contributed by atoms with van der Waals surface area (Å²) in [4.78, 5) is 15.2. The molecule has 1 amide bonds. The van der Waals surface area contributed by atoms with Gasteiger partial charge in [-0.05, 0) is 65.8 Å². The number of carbonyl (C=O) groups excluding carboxylic acids is 1. The van der Waals surface area contributed by atoms with Crippen molar-refractivity contribution >= 4 is 21.8 Å². The van der Waals surface area contributed by atoms with Crippen molar-refractivity contribution in [3.63, 3.8) is 0 Å². The summed E-state index contributed by atoms with van der Waals surface area (Å²) in [7, 11) is -1.28. The fourth-order valence-electron chi connectivity index (χ4n) is 4.60. The number of nitrogens with zero attached hydrogens (tertiary/aromatic N) is 3. The van der Waals surface area contributed by atoms with Crippen LogP contribution in [0.1, 0.15) is 64.5 Å². The lowest BCUT2D eigenvalue weighted by molar-refractivity contribution is -0.201. The molecule has 1 aromatic rings. The largest absolute Gasteiger partial charge is 0.353 e. The zero-order valence-electron chi connectivity index (χ0n) is 20.0. The molecule has 1 aliphatic carbocycles. The van der Waals surface area contributed by atoms with Crippen LogP contribution < -0.4 is 5.32 Å². The summed E-state index contributed by atoms with van der Waals surface area (Å²) < 4.78 is 42.4. The van der Waals surface area contributed by atoms with Gasteiger partial charge in [-0.3, -0.25) is 15.0 Å². The SMILES string of the molecule is CN(C1CCN(S(C)(=O)=O)CC1)C(C)(C)C(=O)Nc1cc(C2(OC3CCCCO3)CC2)no1. The molecule has 0 aromatic carbocycles. The van der Waals surface area contributed by atoms with Gasteiger partial charge in [-0.15, -0.1) is 0 Å². The van der Waals surface area contributed by atoms with E-state index in [4.69, 9.17) is 14.0 Å². The highest BCUT2D eigenvalue weighted by molar-refractivity contribution is 7.88. The zero-order chi connectivity index (χ0) is 23.9. The van der Waals surface area contributed by atoms with Crippen LogP contribution in [0.25, 0.3) is 0 Å². The van der Waals surface area contributed by atoms with E-state index in [-0.39, 0.29) is 18.2 Å². The molecule has 2 saturated heterocycles. The van der Waals surface area contributed by atoms with Gasteiger partial charge in [0.15, 0.2) is 6.29 Å². The molecule has 186 valence electrons. The lowest BCUT2D eigenvalue weighted by atomic mass is 9.95. The third kappa shape index (κ3) is 5.43. The molecule has 1 unspecified atom stereocenters. The number of hydrogen-bond donors (Lipinski definition) is 1. The monoisotopic (exact) mass is 484 g/mol. The van der Waals surface area contributed by atoms with Crippen molar-refractivity contribution < 1.29 is 27.2 Å². The Bertz CT molecular complexity index is 944. The molecule has 3 aliphatic rings. The van der Waals surface area contributed by atoms with Crippen molar-refractivity contribution in [3.8, 4) is 0 Å². The van der Waals surface area contributed by atoms with Crippen molar-refractivity contribution in [1.82, 2.24) is 14.4 Å². The van der Waals surface area contributed by atoms with Crippen molar-refractivity contribution in [2.75, 3.05) is 38.3 Å². The maximum absolute atomic E-state index is 13.1. The van der Waals surface area contributed by atoms with E-state index in [2.05, 4.69) is 10.5 Å². The van der Waals surface area contributed by atoms with Gasteiger partial charge in [-0.1, -0.05) is 5.16 Å². The van der Waals surface area contributed by atoms with E-state index >= 15 is 0 Å². The van der Waals surface area contributed by atoms with Crippen LogP contribution in [-0.4, -0.2) is 79.6 Å². The highest BCUT2D eigenvalue weighted by Gasteiger charge is 2.51. The molecule has 33 heavy (non-hydrogen) atoms. The summed E-state index contributed by atoms with van der Waals surface area (Å²) >= 11 is 0. The molecule has 1 atom stereocenters. The fraction of sp³-hybridized carbons (Fsp3) is 0.818. The smallest absolute Gasteiger partial charge is 0.246 e. The molecule has 1 saturated carbocycles. The second kappa shape index (κ2) is 9.26. The van der Waals surface area contributed by atoms with E-state index in [0.29, 0.717) is 37.5 Å². The minimum atomic E-state index is -3.18. The minimum absolute atomic E-state index is 0.104. The van der Waals surface area contributed by atoms with Crippen LogP contribution in [-0.2, 0) is 29.9 Å². The molecule has 2 aliphatic heterocycles. The van der Waals surface area contributed by atoms with E-state index in [1.165, 1.54) is 10.6 Å². The van der Waals surface area contributed by atoms with Gasteiger partial charge in [0, 0.05) is 31.8 Å². The zero-order valence-corrected chi connectivity index (χ0v) is 20.8. The predicted octanol–water partition coefficient (Wildman–Crippen LogP) is 2.28. The van der Waals surface area contributed by atoms with Gasteiger partial charge in [0.2, 0.25) is 21.8 Å². The third-order valence-electron chi connectivity index (χ3n) is 7.29. The number of anilines is 1. The molecule has 0 spiro atoms. The standard InChI is InChI=1S/C22H36N4O6S/c1-21(2,25(3)16-8-12-26(13-9-16)33(4,28)29)20(27)23-18-15-17(24-32-18)22(10-11-22)31-19-7-5-6-14-30-19/h15-16,19H,5-14H2,1-4H3,(H,23,27). The van der Waals surface area contributed by atoms with Crippen LogP contribution in [0.4, 0.5) is 5.88 Å². The Morgan fingerprint density at radius 2 is 1.97 bits per heavy atom. The Morgan fingerprint density at radius 3 is 2.55 bits per heavy atom. The maximum Gasteiger partial charge on any atom is 0.246 e. The molecule has 4 rings (SSSR count). The molecule has 0 bridgehead atoms. The van der Waals surface area contributed by atoms with Crippen molar-refractivity contribution in [2.24, 2.45) is 0 Å². The van der Waals surface area contributed by atoms with Crippen molar-refractivity contribution in [1.29, 1.82) is 0 Å². The number of likely N-dealkylation sites (N-methyl/N-ethyl adjacent to an activating group) is 1. The molecule has 1 aromatic heterocycles.